The van der Waals surface area contributed by atoms with Crippen LogP contribution < -0.4 is 15.6 Å². The van der Waals surface area contributed by atoms with E-state index in [9.17, 15) is 9.90 Å². The summed E-state index contributed by atoms with van der Waals surface area (Å²) in [7, 11) is 0. The zero-order chi connectivity index (χ0) is 34.3. The number of piperidine rings is 3. The number of hydrogen-bond acceptors (Lipinski definition) is 5. The fourth-order valence-electron chi connectivity index (χ4n) is 9.22. The second-order valence-corrected chi connectivity index (χ2v) is 15.5. The molecular formula is C43H56N3O4+. The molecular weight excluding hydrogens is 622 g/mol. The lowest BCUT2D eigenvalue weighted by atomic mass is 9.82. The van der Waals surface area contributed by atoms with E-state index in [0.29, 0.717) is 23.6 Å². The molecule has 7 heteroatoms. The Balaban J connectivity index is 0.832. The van der Waals surface area contributed by atoms with Gasteiger partial charge in [-0.3, -0.25) is 4.79 Å². The molecule has 4 aliphatic rings. The molecule has 0 radical (unpaired) electrons. The zero-order valence-corrected chi connectivity index (χ0v) is 29.8. The Hall–Kier alpha value is -3.65. The predicted molar refractivity (Wildman–Crippen MR) is 201 cm³/mol. The predicted octanol–water partition coefficient (Wildman–Crippen LogP) is 7.37. The van der Waals surface area contributed by atoms with E-state index >= 15 is 0 Å². The third kappa shape index (κ3) is 8.44. The van der Waals surface area contributed by atoms with E-state index in [2.05, 4.69) is 71.8 Å². The SMILES string of the molecule is C[C@H](Cc1ccc(OCCC[N+]23CCC(CC2)C(OCC(c2ccccc2)C2CCCC2)C3)cc1)NCCc1ccc(O)c2[nH]c(=O)ccc12. The molecule has 0 amide bonds. The summed E-state index contributed by atoms with van der Waals surface area (Å²) in [4.78, 5) is 14.5. The largest absolute Gasteiger partial charge is 0.506 e. The minimum Gasteiger partial charge on any atom is -0.506 e. The zero-order valence-electron chi connectivity index (χ0n) is 29.8. The normalized spacial score (nSPS) is 23.3. The number of quaternary nitrogens is 1. The summed E-state index contributed by atoms with van der Waals surface area (Å²) < 4.78 is 14.3. The minimum absolute atomic E-state index is 0.103. The maximum absolute atomic E-state index is 11.7. The molecule has 0 spiro atoms. The van der Waals surface area contributed by atoms with Crippen LogP contribution in [0, 0.1) is 11.8 Å². The average molecular weight is 679 g/mol. The fraction of sp³-hybridized carbons (Fsp3) is 0.512. The maximum atomic E-state index is 11.7. The fourth-order valence-corrected chi connectivity index (χ4v) is 9.22. The van der Waals surface area contributed by atoms with Gasteiger partial charge in [-0.2, -0.15) is 0 Å². The van der Waals surface area contributed by atoms with E-state index in [0.717, 1.165) is 67.6 Å². The molecule has 8 rings (SSSR count). The lowest BCUT2D eigenvalue weighted by molar-refractivity contribution is -0.946. The lowest BCUT2D eigenvalue weighted by Gasteiger charge is -2.52. The minimum atomic E-state index is -0.209. The molecule has 1 saturated carbocycles. The lowest BCUT2D eigenvalue weighted by Crippen LogP contribution is -2.64. The summed E-state index contributed by atoms with van der Waals surface area (Å²) >= 11 is 0. The molecule has 2 unspecified atom stereocenters. The van der Waals surface area contributed by atoms with Gasteiger partial charge in [0.15, 0.2) is 0 Å². The van der Waals surface area contributed by atoms with Crippen molar-refractivity contribution in [3.05, 3.63) is 106 Å². The second kappa shape index (κ2) is 16.1. The van der Waals surface area contributed by atoms with E-state index in [1.165, 1.54) is 86.4 Å². The highest BCUT2D eigenvalue weighted by Gasteiger charge is 2.46. The Morgan fingerprint density at radius 1 is 0.940 bits per heavy atom. The van der Waals surface area contributed by atoms with Crippen molar-refractivity contribution in [1.82, 2.24) is 10.3 Å². The smallest absolute Gasteiger partial charge is 0.248 e. The van der Waals surface area contributed by atoms with Crippen LogP contribution in [-0.2, 0) is 17.6 Å². The number of aromatic amines is 1. The van der Waals surface area contributed by atoms with Gasteiger partial charge in [-0.1, -0.05) is 61.4 Å². The number of aromatic hydroxyl groups is 1. The number of nitrogens with zero attached hydrogens (tertiary/aromatic N) is 1. The van der Waals surface area contributed by atoms with Crippen LogP contribution in [0.4, 0.5) is 0 Å². The van der Waals surface area contributed by atoms with Crippen molar-refractivity contribution in [2.24, 2.45) is 11.8 Å². The number of nitrogens with one attached hydrogen (secondary N) is 2. The van der Waals surface area contributed by atoms with Crippen molar-refractivity contribution in [2.75, 3.05) is 45.9 Å². The van der Waals surface area contributed by atoms with Gasteiger partial charge in [0, 0.05) is 48.6 Å². The highest BCUT2D eigenvalue weighted by Crippen LogP contribution is 2.40. The Morgan fingerprint density at radius 3 is 2.50 bits per heavy atom. The molecule has 3 aliphatic heterocycles. The van der Waals surface area contributed by atoms with Crippen molar-refractivity contribution in [2.45, 2.75) is 82.8 Å². The van der Waals surface area contributed by atoms with Crippen molar-refractivity contribution in [1.29, 1.82) is 0 Å². The van der Waals surface area contributed by atoms with Crippen LogP contribution in [-0.4, -0.2) is 72.7 Å². The summed E-state index contributed by atoms with van der Waals surface area (Å²) in [6, 6.07) is 27.0. The van der Waals surface area contributed by atoms with E-state index in [1.54, 1.807) is 12.1 Å². The Labute approximate surface area is 297 Å². The molecule has 7 nitrogen and oxygen atoms in total. The topological polar surface area (TPSA) is 83.6 Å². The van der Waals surface area contributed by atoms with Crippen LogP contribution >= 0.6 is 0 Å². The van der Waals surface area contributed by atoms with Gasteiger partial charge in [-0.05, 0) is 86.0 Å². The molecule has 50 heavy (non-hydrogen) atoms. The quantitative estimate of drug-likeness (QED) is 0.0852. The van der Waals surface area contributed by atoms with Gasteiger partial charge < -0.3 is 29.4 Å². The molecule has 4 aromatic rings. The molecule has 4 fully saturated rings. The molecule has 4 heterocycles. The van der Waals surface area contributed by atoms with E-state index in [-0.39, 0.29) is 11.3 Å². The number of benzene rings is 3. The number of fused-ring (bicyclic) bond motifs is 4. The van der Waals surface area contributed by atoms with Gasteiger partial charge in [0.25, 0.3) is 0 Å². The Morgan fingerprint density at radius 2 is 1.72 bits per heavy atom. The van der Waals surface area contributed by atoms with E-state index in [4.69, 9.17) is 9.47 Å². The average Bonchev–Trinajstić information content (AvgIpc) is 3.68. The monoisotopic (exact) mass is 678 g/mol. The number of hydrogen-bond donors (Lipinski definition) is 3. The van der Waals surface area contributed by atoms with Crippen molar-refractivity contribution in [3.63, 3.8) is 0 Å². The van der Waals surface area contributed by atoms with Gasteiger partial charge in [-0.15, -0.1) is 0 Å². The second-order valence-electron chi connectivity index (χ2n) is 15.5. The number of pyridine rings is 1. The van der Waals surface area contributed by atoms with E-state index < -0.39 is 0 Å². The van der Waals surface area contributed by atoms with Gasteiger partial charge in [0.2, 0.25) is 5.56 Å². The van der Waals surface area contributed by atoms with Gasteiger partial charge in [0.1, 0.15) is 24.1 Å². The van der Waals surface area contributed by atoms with E-state index in [1.807, 2.05) is 6.07 Å². The van der Waals surface area contributed by atoms with Crippen LogP contribution in [0.1, 0.15) is 74.5 Å². The van der Waals surface area contributed by atoms with Crippen LogP contribution in [0.2, 0.25) is 0 Å². The first-order valence-corrected chi connectivity index (χ1v) is 19.3. The molecule has 3 aromatic carbocycles. The van der Waals surface area contributed by atoms with Crippen molar-refractivity contribution >= 4 is 10.9 Å². The molecule has 3 N–H and O–H groups in total. The first kappa shape index (κ1) is 34.8. The first-order valence-electron chi connectivity index (χ1n) is 19.3. The summed E-state index contributed by atoms with van der Waals surface area (Å²) in [6.45, 7) is 9.59. The van der Waals surface area contributed by atoms with Crippen LogP contribution in [0.3, 0.4) is 0 Å². The number of H-pyrrole nitrogens is 1. The Kier molecular flexibility index (Phi) is 11.2. The van der Waals surface area contributed by atoms with Gasteiger partial charge >= 0.3 is 0 Å². The summed E-state index contributed by atoms with van der Waals surface area (Å²) in [5, 5.41) is 14.7. The van der Waals surface area contributed by atoms with Crippen LogP contribution in [0.15, 0.2) is 83.7 Å². The summed E-state index contributed by atoms with van der Waals surface area (Å²) in [5.74, 6) is 3.09. The number of rotatable bonds is 16. The Bertz CT molecular complexity index is 1730. The number of phenols is 1. The molecule has 3 atom stereocenters. The van der Waals surface area contributed by atoms with Crippen LogP contribution in [0.5, 0.6) is 11.5 Å². The van der Waals surface area contributed by atoms with Crippen molar-refractivity contribution < 1.29 is 19.1 Å². The highest BCUT2D eigenvalue weighted by molar-refractivity contribution is 5.87. The number of aromatic nitrogens is 1. The third-order valence-electron chi connectivity index (χ3n) is 12.1. The first-order chi connectivity index (χ1) is 24.4. The molecule has 2 bridgehead atoms. The molecule has 266 valence electrons. The molecule has 3 saturated heterocycles. The highest BCUT2D eigenvalue weighted by atomic mass is 16.5. The van der Waals surface area contributed by atoms with Gasteiger partial charge in [0.05, 0.1) is 38.4 Å². The summed E-state index contributed by atoms with van der Waals surface area (Å²) in [5.41, 5.74) is 4.15. The number of phenolic OH excluding ortho intramolecular Hbond substituents is 1. The molecule has 1 aliphatic carbocycles. The molecule has 1 aromatic heterocycles. The van der Waals surface area contributed by atoms with Crippen LogP contribution in [0.25, 0.3) is 10.9 Å². The number of ether oxygens (including phenoxy) is 2. The van der Waals surface area contributed by atoms with Gasteiger partial charge in [-0.25, -0.2) is 0 Å². The van der Waals surface area contributed by atoms with Crippen molar-refractivity contribution in [3.8, 4) is 11.5 Å². The summed E-state index contributed by atoms with van der Waals surface area (Å²) in [6.07, 6.45) is 11.3. The standard InChI is InChI=1S/C43H55N3O4/c1-31(44-23-20-35-14-18-40(47)43-38(35)17-19-42(48)45-43)28-32-12-15-37(16-13-32)49-27-7-24-46-25-21-36(22-26-46)41(29-46)50-30-39(34-10-5-6-11-34)33-8-3-2-4-9-33/h2-4,8-9,12-19,31,34,36,39,41,44H,5-7,10-11,20-30H2,1H3,(H-,45,47,48)/p+1/t31-,36?,39?,41?,46?/m1/s1. The maximum Gasteiger partial charge on any atom is 0.248 e. The third-order valence-corrected chi connectivity index (χ3v) is 12.1.